The third kappa shape index (κ3) is 4.45. The van der Waals surface area contributed by atoms with Gasteiger partial charge in [-0.05, 0) is 51.7 Å². The third-order valence-corrected chi connectivity index (χ3v) is 5.78. The number of rotatable bonds is 6. The predicted molar refractivity (Wildman–Crippen MR) is 119 cm³/mol. The summed E-state index contributed by atoms with van der Waals surface area (Å²) in [6, 6.07) is 2.09. The summed E-state index contributed by atoms with van der Waals surface area (Å²) in [5.74, 6) is -1.50. The van der Waals surface area contributed by atoms with Gasteiger partial charge >= 0.3 is 0 Å². The predicted octanol–water partition coefficient (Wildman–Crippen LogP) is 4.54. The molecule has 170 valence electrons. The Morgan fingerprint density at radius 3 is 2.44 bits per heavy atom. The quantitative estimate of drug-likeness (QED) is 0.495. The first-order valence-electron chi connectivity index (χ1n) is 10.4. The van der Waals surface area contributed by atoms with Crippen LogP contribution < -0.4 is 16.4 Å². The van der Waals surface area contributed by atoms with Gasteiger partial charge < -0.3 is 16.4 Å². The molecule has 0 saturated heterocycles. The van der Waals surface area contributed by atoms with Gasteiger partial charge in [-0.3, -0.25) is 9.36 Å². The molecule has 2 aromatic heterocycles. The van der Waals surface area contributed by atoms with Crippen LogP contribution in [0.3, 0.4) is 0 Å². The van der Waals surface area contributed by atoms with Crippen LogP contribution in [0.5, 0.6) is 0 Å². The number of hydrogen-bond acceptors (Lipinski definition) is 6. The second kappa shape index (κ2) is 8.85. The van der Waals surface area contributed by atoms with E-state index in [4.69, 9.17) is 17.3 Å². The lowest BCUT2D eigenvalue weighted by Crippen LogP contribution is -2.29. The van der Waals surface area contributed by atoms with Crippen LogP contribution in [0.15, 0.2) is 18.3 Å². The zero-order chi connectivity index (χ0) is 23.0. The fraction of sp³-hybridized carbons (Fsp3) is 0.429. The highest BCUT2D eigenvalue weighted by atomic mass is 35.5. The smallest absolute Gasteiger partial charge is 0.224 e. The van der Waals surface area contributed by atoms with Crippen molar-refractivity contribution in [3.63, 3.8) is 0 Å². The average Bonchev–Trinajstić information content (AvgIpc) is 3.07. The molecule has 1 aromatic carbocycles. The first-order chi connectivity index (χ1) is 15.2. The minimum atomic E-state index is -0.834. The van der Waals surface area contributed by atoms with E-state index in [1.54, 1.807) is 6.20 Å². The minimum absolute atomic E-state index is 0.0425. The number of amides is 1. The van der Waals surface area contributed by atoms with Crippen LogP contribution in [0.25, 0.3) is 11.2 Å². The molecule has 2 heterocycles. The maximum absolute atomic E-state index is 14.5. The lowest BCUT2D eigenvalue weighted by Gasteiger charge is -2.29. The number of carbonyl (C=O) groups is 1. The van der Waals surface area contributed by atoms with Gasteiger partial charge in [0.2, 0.25) is 17.8 Å². The van der Waals surface area contributed by atoms with E-state index in [2.05, 4.69) is 25.6 Å². The molecule has 1 saturated carbocycles. The molecule has 0 atom stereocenters. The summed E-state index contributed by atoms with van der Waals surface area (Å²) in [4.78, 5) is 25.0. The van der Waals surface area contributed by atoms with Crippen molar-refractivity contribution in [1.82, 2.24) is 19.5 Å². The van der Waals surface area contributed by atoms with E-state index in [0.717, 1.165) is 12.1 Å². The fourth-order valence-corrected chi connectivity index (χ4v) is 4.24. The number of carbonyl (C=O) groups excluding carboxylic acids is 1. The largest absolute Gasteiger partial charge is 0.369 e. The topological polar surface area (TPSA) is 111 Å². The summed E-state index contributed by atoms with van der Waals surface area (Å²) in [7, 11) is 0. The number of nitrogens with two attached hydrogens (primary N) is 1. The molecule has 0 spiro atoms. The highest BCUT2D eigenvalue weighted by molar-refractivity contribution is 6.30. The summed E-state index contributed by atoms with van der Waals surface area (Å²) in [6.07, 6.45) is 4.10. The van der Waals surface area contributed by atoms with Crippen molar-refractivity contribution in [1.29, 1.82) is 0 Å². The lowest BCUT2D eigenvalue weighted by atomic mass is 9.85. The van der Waals surface area contributed by atoms with Crippen molar-refractivity contribution in [3.8, 4) is 0 Å². The molecule has 11 heteroatoms. The van der Waals surface area contributed by atoms with E-state index in [1.807, 2.05) is 18.4 Å². The molecule has 4 rings (SSSR count). The Morgan fingerprint density at radius 1 is 1.19 bits per heavy atom. The number of nitrogens with zero attached hydrogens (tertiary/aromatic N) is 4. The maximum Gasteiger partial charge on any atom is 0.224 e. The molecule has 0 bridgehead atoms. The monoisotopic (exact) mass is 463 g/mol. The number of aromatic nitrogens is 4. The highest BCUT2D eigenvalue weighted by Gasteiger charge is 2.29. The first-order valence-corrected chi connectivity index (χ1v) is 10.8. The SMILES string of the molecule is CC(C)Nc1ncc2nc(Nc3c(F)cc(Cl)cc3F)n(C3CCC(C(N)=O)CC3)c2n1. The molecule has 8 nitrogen and oxygen atoms in total. The number of primary amides is 1. The van der Waals surface area contributed by atoms with Gasteiger partial charge in [-0.2, -0.15) is 4.98 Å². The van der Waals surface area contributed by atoms with E-state index >= 15 is 0 Å². The standard InChI is InChI=1S/C21H24ClF2N7O/c1-10(2)27-20-26-9-16-19(30-20)31(13-5-3-11(4-6-13)18(25)32)21(28-16)29-17-14(23)7-12(22)8-15(17)24/h7-11,13H,3-6H2,1-2H3,(H2,25,32)(H,28,29)(H,26,27,30). The molecule has 1 amide bonds. The molecule has 0 aliphatic heterocycles. The van der Waals surface area contributed by atoms with Gasteiger partial charge in [-0.25, -0.2) is 18.7 Å². The Balaban J connectivity index is 1.78. The van der Waals surface area contributed by atoms with Crippen molar-refractivity contribution in [3.05, 3.63) is 35.0 Å². The van der Waals surface area contributed by atoms with Crippen LogP contribution in [0.4, 0.5) is 26.4 Å². The van der Waals surface area contributed by atoms with E-state index in [9.17, 15) is 13.6 Å². The van der Waals surface area contributed by atoms with Crippen LogP contribution in [-0.4, -0.2) is 31.5 Å². The van der Waals surface area contributed by atoms with E-state index in [-0.39, 0.29) is 40.6 Å². The Bertz CT molecular complexity index is 1140. The molecule has 0 unspecified atom stereocenters. The van der Waals surface area contributed by atoms with Crippen molar-refractivity contribution >= 4 is 46.3 Å². The molecule has 1 aliphatic carbocycles. The number of nitrogens with one attached hydrogen (secondary N) is 2. The second-order valence-corrected chi connectivity index (χ2v) is 8.72. The number of anilines is 3. The van der Waals surface area contributed by atoms with Crippen molar-refractivity contribution in [2.75, 3.05) is 10.6 Å². The summed E-state index contributed by atoms with van der Waals surface area (Å²) >= 11 is 5.75. The van der Waals surface area contributed by atoms with E-state index < -0.39 is 11.6 Å². The second-order valence-electron chi connectivity index (χ2n) is 8.28. The fourth-order valence-electron chi connectivity index (χ4n) is 4.04. The molecular weight excluding hydrogens is 440 g/mol. The number of imidazole rings is 1. The van der Waals surface area contributed by atoms with Crippen molar-refractivity contribution in [2.45, 2.75) is 51.6 Å². The normalized spacial score (nSPS) is 18.8. The van der Waals surface area contributed by atoms with Gasteiger partial charge in [0.15, 0.2) is 17.3 Å². The number of fused-ring (bicyclic) bond motifs is 1. The van der Waals surface area contributed by atoms with Gasteiger partial charge in [0.05, 0.1) is 6.20 Å². The van der Waals surface area contributed by atoms with Gasteiger partial charge in [0.25, 0.3) is 0 Å². The molecule has 1 aliphatic rings. The lowest BCUT2D eigenvalue weighted by molar-refractivity contribution is -0.122. The summed E-state index contributed by atoms with van der Waals surface area (Å²) in [5.41, 5.74) is 6.13. The molecule has 0 radical (unpaired) electrons. The van der Waals surface area contributed by atoms with E-state index in [1.165, 1.54) is 0 Å². The number of hydrogen-bond donors (Lipinski definition) is 3. The number of halogens is 3. The molecular formula is C21H24ClF2N7O. The Kier molecular flexibility index (Phi) is 6.14. The molecule has 1 fully saturated rings. The van der Waals surface area contributed by atoms with Gasteiger partial charge in [0.1, 0.15) is 11.2 Å². The van der Waals surface area contributed by atoms with Gasteiger partial charge in [0, 0.05) is 23.0 Å². The third-order valence-electron chi connectivity index (χ3n) is 5.56. The summed E-state index contributed by atoms with van der Waals surface area (Å²) in [5, 5.41) is 5.89. The molecule has 32 heavy (non-hydrogen) atoms. The summed E-state index contributed by atoms with van der Waals surface area (Å²) < 4.78 is 30.7. The molecule has 4 N–H and O–H groups in total. The van der Waals surface area contributed by atoms with Crippen molar-refractivity contribution in [2.24, 2.45) is 11.7 Å². The Labute approximate surface area is 188 Å². The Morgan fingerprint density at radius 2 is 1.84 bits per heavy atom. The average molecular weight is 464 g/mol. The minimum Gasteiger partial charge on any atom is -0.369 e. The van der Waals surface area contributed by atoms with Crippen LogP contribution in [0.1, 0.15) is 45.6 Å². The van der Waals surface area contributed by atoms with Crippen LogP contribution in [0.2, 0.25) is 5.02 Å². The van der Waals surface area contributed by atoms with Gasteiger partial charge in [-0.1, -0.05) is 11.6 Å². The van der Waals surface area contributed by atoms with Crippen LogP contribution in [0, 0.1) is 17.6 Å². The van der Waals surface area contributed by atoms with Crippen molar-refractivity contribution < 1.29 is 13.6 Å². The van der Waals surface area contributed by atoms with Gasteiger partial charge in [-0.15, -0.1) is 0 Å². The summed E-state index contributed by atoms with van der Waals surface area (Å²) in [6.45, 7) is 3.93. The van der Waals surface area contributed by atoms with E-state index in [0.29, 0.717) is 42.8 Å². The zero-order valence-electron chi connectivity index (χ0n) is 17.7. The van der Waals surface area contributed by atoms with Crippen LogP contribution >= 0.6 is 11.6 Å². The molecule has 3 aromatic rings. The zero-order valence-corrected chi connectivity index (χ0v) is 18.5. The maximum atomic E-state index is 14.5. The Hall–Kier alpha value is -3.01. The van der Waals surface area contributed by atoms with Crippen LogP contribution in [-0.2, 0) is 4.79 Å². The first kappa shape index (κ1) is 22.2. The highest BCUT2D eigenvalue weighted by Crippen LogP contribution is 2.37. The number of benzene rings is 1.